The van der Waals surface area contributed by atoms with Crippen molar-refractivity contribution >= 4 is 19.8 Å². The number of quaternary nitrogens is 1. The van der Waals surface area contributed by atoms with Gasteiger partial charge in [0.1, 0.15) is 19.8 Å². The number of carbonyl (C=O) groups excluding carboxylic acids is 2. The van der Waals surface area contributed by atoms with Gasteiger partial charge in [0.25, 0.3) is 0 Å². The van der Waals surface area contributed by atoms with Gasteiger partial charge >= 0.3 is 19.8 Å². The van der Waals surface area contributed by atoms with Crippen molar-refractivity contribution in [3.8, 4) is 0 Å². The molecule has 0 amide bonds. The van der Waals surface area contributed by atoms with E-state index in [4.69, 9.17) is 18.5 Å². The quantitative estimate of drug-likeness (QED) is 0.0211. The summed E-state index contributed by atoms with van der Waals surface area (Å²) >= 11 is 0. The van der Waals surface area contributed by atoms with Crippen molar-refractivity contribution in [2.24, 2.45) is 0 Å². The average Bonchev–Trinajstić information content (AvgIpc) is 3.24. The van der Waals surface area contributed by atoms with Gasteiger partial charge in [0.05, 0.1) is 27.7 Å². The van der Waals surface area contributed by atoms with Crippen LogP contribution >= 0.6 is 7.82 Å². The Morgan fingerprint density at radius 2 is 0.810 bits per heavy atom. The minimum absolute atomic E-state index is 0.0344. The van der Waals surface area contributed by atoms with Gasteiger partial charge in [0, 0.05) is 12.8 Å². The molecule has 0 saturated carbocycles. The maximum atomic E-state index is 12.8. The first-order chi connectivity index (χ1) is 30.5. The minimum Gasteiger partial charge on any atom is -0.462 e. The number of carbonyl (C=O) groups is 2. The van der Waals surface area contributed by atoms with Crippen LogP contribution < -0.4 is 0 Å². The lowest BCUT2D eigenvalue weighted by molar-refractivity contribution is -0.870. The zero-order valence-corrected chi connectivity index (χ0v) is 43.2. The molecular formula is C53H105NO8P+. The molecule has 0 rings (SSSR count). The zero-order valence-electron chi connectivity index (χ0n) is 42.3. The Morgan fingerprint density at radius 1 is 0.476 bits per heavy atom. The maximum Gasteiger partial charge on any atom is 0.472 e. The highest BCUT2D eigenvalue weighted by Crippen LogP contribution is 2.43. The van der Waals surface area contributed by atoms with Gasteiger partial charge in [-0.1, -0.05) is 225 Å². The number of unbranched alkanes of at least 4 members (excludes halogenated alkanes) is 34. The Labute approximate surface area is 390 Å². The molecule has 0 aromatic heterocycles. The molecular weight excluding hydrogens is 810 g/mol. The molecule has 0 fully saturated rings. The fourth-order valence-corrected chi connectivity index (χ4v) is 8.58. The van der Waals surface area contributed by atoms with Crippen molar-refractivity contribution in [1.29, 1.82) is 0 Å². The van der Waals surface area contributed by atoms with Crippen LogP contribution in [0.4, 0.5) is 0 Å². The number of esters is 2. The molecule has 0 spiro atoms. The first-order valence-corrected chi connectivity index (χ1v) is 28.4. The van der Waals surface area contributed by atoms with Crippen LogP contribution in [-0.4, -0.2) is 74.9 Å². The highest BCUT2D eigenvalue weighted by atomic mass is 31.2. The van der Waals surface area contributed by atoms with Crippen molar-refractivity contribution in [1.82, 2.24) is 0 Å². The maximum absolute atomic E-state index is 12.8. The fraction of sp³-hybridized carbons (Fsp3) is 0.925. The molecule has 0 saturated heterocycles. The van der Waals surface area contributed by atoms with Crippen LogP contribution in [0.3, 0.4) is 0 Å². The third kappa shape index (κ3) is 50.0. The topological polar surface area (TPSA) is 108 Å². The number of hydrogen-bond acceptors (Lipinski definition) is 7. The summed E-state index contributed by atoms with van der Waals surface area (Å²) in [7, 11) is 1.49. The monoisotopic (exact) mass is 915 g/mol. The lowest BCUT2D eigenvalue weighted by atomic mass is 10.0. The number of hydrogen-bond donors (Lipinski definition) is 1. The molecule has 0 aromatic rings. The standard InChI is InChI=1S/C53H104NO8P/c1-6-8-10-12-14-16-18-20-22-24-26-27-28-30-31-33-35-37-39-41-43-45-52(55)59-49-51(50-61-63(57,58)60-48-47-54(3,4)5)62-53(56)46-44-42-40-38-36-34-32-29-25-23-21-19-17-15-13-11-9-7-2/h23,25,51H,6-22,24,26-50H2,1-5H3/p+1/b25-23-. The number of phosphoric acid groups is 1. The Hall–Kier alpha value is -1.25. The SMILES string of the molecule is CCCCCCCCC/C=C\CCCCCCCCCC(=O)OC(COC(=O)CCCCCCCCCCCCCCCCCCCCCCC)COP(=O)(O)OCC[N+](C)(C)C. The van der Waals surface area contributed by atoms with E-state index >= 15 is 0 Å². The van der Waals surface area contributed by atoms with E-state index in [1.807, 2.05) is 21.1 Å². The summed E-state index contributed by atoms with van der Waals surface area (Å²) in [6, 6.07) is 0. The second-order valence-electron chi connectivity index (χ2n) is 19.6. The number of likely N-dealkylation sites (N-methyl/N-ethyl adjacent to an activating group) is 1. The van der Waals surface area contributed by atoms with Crippen LogP contribution in [0.15, 0.2) is 12.2 Å². The van der Waals surface area contributed by atoms with Gasteiger partial charge in [-0.15, -0.1) is 0 Å². The van der Waals surface area contributed by atoms with Crippen molar-refractivity contribution in [3.63, 3.8) is 0 Å². The van der Waals surface area contributed by atoms with Gasteiger partial charge in [0.15, 0.2) is 6.10 Å². The molecule has 1 N–H and O–H groups in total. The summed E-state index contributed by atoms with van der Waals surface area (Å²) in [6.07, 6.45) is 51.2. The fourth-order valence-electron chi connectivity index (χ4n) is 7.84. The molecule has 0 bridgehead atoms. The molecule has 0 aliphatic carbocycles. The number of phosphoric ester groups is 1. The third-order valence-corrected chi connectivity index (χ3v) is 13.0. The van der Waals surface area contributed by atoms with E-state index in [-0.39, 0.29) is 25.6 Å². The summed E-state index contributed by atoms with van der Waals surface area (Å²) in [5.74, 6) is -0.786. The smallest absolute Gasteiger partial charge is 0.462 e. The van der Waals surface area contributed by atoms with Crippen molar-refractivity contribution in [2.75, 3.05) is 47.5 Å². The number of allylic oxidation sites excluding steroid dienone is 2. The third-order valence-electron chi connectivity index (χ3n) is 12.0. The molecule has 2 atom stereocenters. The molecule has 374 valence electrons. The second-order valence-corrected chi connectivity index (χ2v) is 21.1. The molecule has 10 heteroatoms. The van der Waals surface area contributed by atoms with E-state index in [1.165, 1.54) is 186 Å². The molecule has 2 unspecified atom stereocenters. The Morgan fingerprint density at radius 3 is 1.17 bits per heavy atom. The van der Waals surface area contributed by atoms with Crippen LogP contribution in [0, 0.1) is 0 Å². The summed E-state index contributed by atoms with van der Waals surface area (Å²) in [4.78, 5) is 35.6. The van der Waals surface area contributed by atoms with Crippen LogP contribution in [0.25, 0.3) is 0 Å². The minimum atomic E-state index is -4.38. The first kappa shape index (κ1) is 61.8. The first-order valence-electron chi connectivity index (χ1n) is 26.9. The lowest BCUT2D eigenvalue weighted by Gasteiger charge is -2.24. The van der Waals surface area contributed by atoms with Gasteiger partial charge in [-0.2, -0.15) is 0 Å². The van der Waals surface area contributed by atoms with Gasteiger partial charge < -0.3 is 18.9 Å². The van der Waals surface area contributed by atoms with Gasteiger partial charge in [-0.25, -0.2) is 4.57 Å². The largest absolute Gasteiger partial charge is 0.472 e. The highest BCUT2D eigenvalue weighted by Gasteiger charge is 2.27. The van der Waals surface area contributed by atoms with E-state index in [0.29, 0.717) is 23.9 Å². The Kier molecular flexibility index (Phi) is 45.0. The number of nitrogens with zero attached hydrogens (tertiary/aromatic N) is 1. The zero-order chi connectivity index (χ0) is 46.4. The molecule has 9 nitrogen and oxygen atoms in total. The van der Waals surface area contributed by atoms with Gasteiger partial charge in [0.2, 0.25) is 0 Å². The van der Waals surface area contributed by atoms with Crippen LogP contribution in [-0.2, 0) is 32.7 Å². The Bertz CT molecular complexity index is 1080. The predicted octanol–water partition coefficient (Wildman–Crippen LogP) is 16.1. The highest BCUT2D eigenvalue weighted by molar-refractivity contribution is 7.47. The van der Waals surface area contributed by atoms with E-state index in [1.54, 1.807) is 0 Å². The van der Waals surface area contributed by atoms with Crippen LogP contribution in [0.2, 0.25) is 0 Å². The molecule has 0 aliphatic rings. The molecule has 63 heavy (non-hydrogen) atoms. The van der Waals surface area contributed by atoms with Crippen LogP contribution in [0.5, 0.6) is 0 Å². The second kappa shape index (κ2) is 45.9. The molecule has 0 heterocycles. The van der Waals surface area contributed by atoms with Crippen molar-refractivity contribution in [3.05, 3.63) is 12.2 Å². The van der Waals surface area contributed by atoms with E-state index in [9.17, 15) is 19.0 Å². The van der Waals surface area contributed by atoms with Gasteiger partial charge in [-0.05, 0) is 38.5 Å². The van der Waals surface area contributed by atoms with Gasteiger partial charge in [-0.3, -0.25) is 18.6 Å². The number of rotatable bonds is 50. The predicted molar refractivity (Wildman–Crippen MR) is 266 cm³/mol. The van der Waals surface area contributed by atoms with E-state index in [2.05, 4.69) is 26.0 Å². The van der Waals surface area contributed by atoms with E-state index in [0.717, 1.165) is 44.9 Å². The summed E-state index contributed by atoms with van der Waals surface area (Å²) in [5.41, 5.74) is 0. The number of ether oxygens (including phenoxy) is 2. The van der Waals surface area contributed by atoms with Crippen LogP contribution in [0.1, 0.15) is 264 Å². The molecule has 0 radical (unpaired) electrons. The average molecular weight is 915 g/mol. The molecule has 0 aliphatic heterocycles. The lowest BCUT2D eigenvalue weighted by Crippen LogP contribution is -2.37. The summed E-state index contributed by atoms with van der Waals surface area (Å²) < 4.78 is 34.5. The summed E-state index contributed by atoms with van der Waals surface area (Å²) in [6.45, 7) is 4.47. The van der Waals surface area contributed by atoms with Crippen molar-refractivity contribution < 1.29 is 42.1 Å². The Balaban J connectivity index is 4.18. The normalized spacial score (nSPS) is 13.4. The van der Waals surface area contributed by atoms with Crippen molar-refractivity contribution in [2.45, 2.75) is 270 Å². The summed E-state index contributed by atoms with van der Waals surface area (Å²) in [5, 5.41) is 0. The van der Waals surface area contributed by atoms with E-state index < -0.39 is 26.5 Å². The molecule has 0 aromatic carbocycles.